The minimum absolute atomic E-state index is 0.216. The Labute approximate surface area is 150 Å². The monoisotopic (exact) mass is 359 g/mol. The fraction of sp³-hybridized carbons (Fsp3) is 0.263. The Morgan fingerprint density at radius 2 is 1.92 bits per heavy atom. The lowest BCUT2D eigenvalue weighted by atomic mass is 10.1. The lowest BCUT2D eigenvalue weighted by Gasteiger charge is -2.28. The predicted molar refractivity (Wildman–Crippen MR) is 94.8 cm³/mol. The summed E-state index contributed by atoms with van der Waals surface area (Å²) in [4.78, 5) is 26.7. The highest BCUT2D eigenvalue weighted by Crippen LogP contribution is 2.42. The predicted octanol–water partition coefficient (Wildman–Crippen LogP) is 3.56. The molecule has 1 saturated heterocycles. The number of hydrogen-bond donors (Lipinski definition) is 0. The van der Waals surface area contributed by atoms with E-state index >= 15 is 0 Å². The number of rotatable bonds is 3. The van der Waals surface area contributed by atoms with Crippen molar-refractivity contribution in [2.75, 3.05) is 12.9 Å². The molecule has 2 unspecified atom stereocenters. The second-order valence-corrected chi connectivity index (χ2v) is 6.97. The van der Waals surface area contributed by atoms with Gasteiger partial charge in [-0.2, -0.15) is 0 Å². The molecule has 0 aromatic heterocycles. The molecule has 0 spiro atoms. The Morgan fingerprint density at radius 1 is 1.20 bits per heavy atom. The zero-order valence-corrected chi connectivity index (χ0v) is 14.8. The van der Waals surface area contributed by atoms with Crippen LogP contribution in [0, 0.1) is 12.7 Å². The number of thioether (sulfide) groups is 1. The summed E-state index contributed by atoms with van der Waals surface area (Å²) in [5.74, 6) is -0.900. The summed E-state index contributed by atoms with van der Waals surface area (Å²) in [6, 6.07) is 12.6. The molecule has 0 bridgehead atoms. The number of hydrogen-bond acceptors (Lipinski definition) is 4. The zero-order chi connectivity index (χ0) is 18.0. The highest BCUT2D eigenvalue weighted by atomic mass is 32.2. The first-order valence-electron chi connectivity index (χ1n) is 7.85. The summed E-state index contributed by atoms with van der Waals surface area (Å²) in [6.07, 6.45) is 0. The van der Waals surface area contributed by atoms with E-state index in [4.69, 9.17) is 4.74 Å². The van der Waals surface area contributed by atoms with Crippen LogP contribution in [0.2, 0.25) is 0 Å². The first kappa shape index (κ1) is 17.5. The van der Waals surface area contributed by atoms with Crippen molar-refractivity contribution in [1.29, 1.82) is 0 Å². The standard InChI is InChI=1S/C19H18FNO3S/c1-12-6-8-13(9-7-12)18-21(16(11-25-18)19(23)24-2)17(22)14-4-3-5-15(20)10-14/h3-10,16,18H,11H2,1-2H3. The van der Waals surface area contributed by atoms with Gasteiger partial charge < -0.3 is 9.64 Å². The van der Waals surface area contributed by atoms with E-state index in [1.807, 2.05) is 31.2 Å². The van der Waals surface area contributed by atoms with Crippen LogP contribution < -0.4 is 0 Å². The number of benzene rings is 2. The SMILES string of the molecule is COC(=O)C1CSC(c2ccc(C)cc2)N1C(=O)c1cccc(F)c1. The molecule has 0 saturated carbocycles. The van der Waals surface area contributed by atoms with E-state index in [0.717, 1.165) is 11.1 Å². The van der Waals surface area contributed by atoms with Crippen LogP contribution in [0.1, 0.15) is 26.9 Å². The normalized spacial score (nSPS) is 19.7. The minimum atomic E-state index is -0.697. The maximum Gasteiger partial charge on any atom is 0.329 e. The van der Waals surface area contributed by atoms with Crippen molar-refractivity contribution in [1.82, 2.24) is 4.90 Å². The first-order chi connectivity index (χ1) is 12.0. The third kappa shape index (κ3) is 3.54. The van der Waals surface area contributed by atoms with E-state index in [2.05, 4.69) is 0 Å². The number of esters is 1. The molecule has 3 rings (SSSR count). The molecule has 2 aromatic rings. The number of carbonyl (C=O) groups is 2. The molecule has 1 heterocycles. The van der Waals surface area contributed by atoms with Gasteiger partial charge in [-0.25, -0.2) is 9.18 Å². The van der Waals surface area contributed by atoms with Gasteiger partial charge in [-0.1, -0.05) is 35.9 Å². The molecule has 2 atom stereocenters. The van der Waals surface area contributed by atoms with Crippen molar-refractivity contribution in [2.24, 2.45) is 0 Å². The molecule has 0 N–H and O–H groups in total. The van der Waals surface area contributed by atoms with Gasteiger partial charge in [0.2, 0.25) is 0 Å². The number of amides is 1. The quantitative estimate of drug-likeness (QED) is 0.786. The zero-order valence-electron chi connectivity index (χ0n) is 13.9. The largest absolute Gasteiger partial charge is 0.467 e. The van der Waals surface area contributed by atoms with E-state index in [1.165, 1.54) is 42.0 Å². The average molecular weight is 359 g/mol. The van der Waals surface area contributed by atoms with Crippen LogP contribution in [0.3, 0.4) is 0 Å². The van der Waals surface area contributed by atoms with Gasteiger partial charge in [0.1, 0.15) is 17.2 Å². The molecule has 0 radical (unpaired) electrons. The van der Waals surface area contributed by atoms with Crippen LogP contribution in [0.5, 0.6) is 0 Å². The molecule has 25 heavy (non-hydrogen) atoms. The highest BCUT2D eigenvalue weighted by Gasteiger charge is 2.43. The van der Waals surface area contributed by atoms with Crippen LogP contribution in [0.15, 0.2) is 48.5 Å². The summed E-state index contributed by atoms with van der Waals surface area (Å²) in [6.45, 7) is 1.98. The van der Waals surface area contributed by atoms with Gasteiger partial charge >= 0.3 is 5.97 Å². The van der Waals surface area contributed by atoms with E-state index in [9.17, 15) is 14.0 Å². The molecule has 1 aliphatic heterocycles. The molecule has 6 heteroatoms. The van der Waals surface area contributed by atoms with Crippen molar-refractivity contribution in [3.05, 3.63) is 71.0 Å². The summed E-state index contributed by atoms with van der Waals surface area (Å²) in [5, 5.41) is -0.319. The number of methoxy groups -OCH3 is 1. The van der Waals surface area contributed by atoms with Crippen molar-refractivity contribution in [3.63, 3.8) is 0 Å². The smallest absolute Gasteiger partial charge is 0.329 e. The van der Waals surface area contributed by atoms with Crippen LogP contribution >= 0.6 is 11.8 Å². The van der Waals surface area contributed by atoms with Gasteiger partial charge in [0.05, 0.1) is 7.11 Å². The van der Waals surface area contributed by atoms with E-state index in [0.29, 0.717) is 5.75 Å². The van der Waals surface area contributed by atoms with Gasteiger partial charge in [-0.3, -0.25) is 4.79 Å². The lowest BCUT2D eigenvalue weighted by molar-refractivity contribution is -0.145. The summed E-state index contributed by atoms with van der Waals surface area (Å²) >= 11 is 1.50. The maximum absolute atomic E-state index is 13.5. The van der Waals surface area contributed by atoms with Crippen LogP contribution in [0.4, 0.5) is 4.39 Å². The second kappa shape index (κ2) is 7.27. The Bertz CT molecular complexity index is 794. The molecular weight excluding hydrogens is 341 g/mol. The van der Waals surface area contributed by atoms with Crippen molar-refractivity contribution in [3.8, 4) is 0 Å². The average Bonchev–Trinajstić information content (AvgIpc) is 3.06. The van der Waals surface area contributed by atoms with Gasteiger partial charge in [0.15, 0.2) is 0 Å². The van der Waals surface area contributed by atoms with Crippen molar-refractivity contribution < 1.29 is 18.7 Å². The number of nitrogens with zero attached hydrogens (tertiary/aromatic N) is 1. The third-order valence-corrected chi connectivity index (χ3v) is 5.47. The summed E-state index contributed by atoms with van der Waals surface area (Å²) in [5.41, 5.74) is 2.25. The Morgan fingerprint density at radius 3 is 2.56 bits per heavy atom. The Kier molecular flexibility index (Phi) is 5.08. The first-order valence-corrected chi connectivity index (χ1v) is 8.90. The Balaban J connectivity index is 1.99. The van der Waals surface area contributed by atoms with Crippen LogP contribution in [0.25, 0.3) is 0 Å². The van der Waals surface area contributed by atoms with E-state index in [-0.39, 0.29) is 16.8 Å². The minimum Gasteiger partial charge on any atom is -0.467 e. The summed E-state index contributed by atoms with van der Waals surface area (Å²) in [7, 11) is 1.30. The Hall–Kier alpha value is -2.34. The lowest BCUT2D eigenvalue weighted by Crippen LogP contribution is -2.43. The van der Waals surface area contributed by atoms with Crippen LogP contribution in [-0.4, -0.2) is 35.7 Å². The number of aryl methyl sites for hydroxylation is 1. The highest BCUT2D eigenvalue weighted by molar-refractivity contribution is 7.99. The van der Waals surface area contributed by atoms with Crippen LogP contribution in [-0.2, 0) is 9.53 Å². The van der Waals surface area contributed by atoms with Gasteiger partial charge in [0, 0.05) is 11.3 Å². The van der Waals surface area contributed by atoms with Gasteiger partial charge in [-0.05, 0) is 30.7 Å². The van der Waals surface area contributed by atoms with E-state index < -0.39 is 17.8 Å². The molecule has 2 aromatic carbocycles. The molecule has 1 amide bonds. The summed E-state index contributed by atoms with van der Waals surface area (Å²) < 4.78 is 18.4. The third-order valence-electron chi connectivity index (χ3n) is 4.14. The second-order valence-electron chi connectivity index (χ2n) is 5.86. The fourth-order valence-corrected chi connectivity index (χ4v) is 4.24. The fourth-order valence-electron chi connectivity index (χ4n) is 2.83. The molecule has 1 fully saturated rings. The topological polar surface area (TPSA) is 46.6 Å². The molecule has 130 valence electrons. The van der Waals surface area contributed by atoms with Crippen molar-refractivity contribution in [2.45, 2.75) is 18.3 Å². The number of halogens is 1. The van der Waals surface area contributed by atoms with Gasteiger partial charge in [0.25, 0.3) is 5.91 Å². The van der Waals surface area contributed by atoms with Gasteiger partial charge in [-0.15, -0.1) is 11.8 Å². The van der Waals surface area contributed by atoms with Crippen molar-refractivity contribution >= 4 is 23.6 Å². The molecular formula is C19H18FNO3S. The molecule has 0 aliphatic carbocycles. The van der Waals surface area contributed by atoms with E-state index in [1.54, 1.807) is 6.07 Å². The molecule has 1 aliphatic rings. The number of ether oxygens (including phenoxy) is 1. The molecule has 4 nitrogen and oxygen atoms in total. The number of carbonyl (C=O) groups excluding carboxylic acids is 2. The maximum atomic E-state index is 13.5.